The molecule has 0 saturated carbocycles. The summed E-state index contributed by atoms with van der Waals surface area (Å²) in [6.45, 7) is 11.2. The molecule has 2 aromatic heterocycles. The monoisotopic (exact) mass is 475 g/mol. The lowest BCUT2D eigenvalue weighted by Gasteiger charge is -2.28. The predicted molar refractivity (Wildman–Crippen MR) is 114 cm³/mol. The molecule has 7 nitrogen and oxygen atoms in total. The van der Waals surface area contributed by atoms with E-state index < -0.39 is 0 Å². The number of nitrogens with one attached hydrogen (secondary N) is 2. The Kier molecular flexibility index (Phi) is 9.71. The largest absolute Gasteiger partial charge is 0.468 e. The zero-order chi connectivity index (χ0) is 18.2. The van der Waals surface area contributed by atoms with Gasteiger partial charge in [0.25, 0.3) is 0 Å². The maximum atomic E-state index is 5.62. The van der Waals surface area contributed by atoms with Crippen molar-refractivity contribution in [3.05, 3.63) is 41.5 Å². The average Bonchev–Trinajstić information content (AvgIpc) is 3.24. The lowest BCUT2D eigenvalue weighted by molar-refractivity contribution is 0.193. The molecule has 0 aliphatic rings. The van der Waals surface area contributed by atoms with Crippen molar-refractivity contribution >= 4 is 29.9 Å². The molecule has 2 heterocycles. The number of guanidine groups is 1. The van der Waals surface area contributed by atoms with Gasteiger partial charge in [-0.1, -0.05) is 13.8 Å². The van der Waals surface area contributed by atoms with E-state index in [0.717, 1.165) is 30.3 Å². The van der Waals surface area contributed by atoms with Crippen LogP contribution < -0.4 is 10.6 Å². The van der Waals surface area contributed by atoms with Gasteiger partial charge in [-0.2, -0.15) is 0 Å². The highest BCUT2D eigenvalue weighted by atomic mass is 127. The fourth-order valence-corrected chi connectivity index (χ4v) is 2.74. The highest BCUT2D eigenvalue weighted by Crippen LogP contribution is 2.20. The van der Waals surface area contributed by atoms with Gasteiger partial charge in [-0.05, 0) is 39.1 Å². The number of hydrogen-bond acceptors (Lipinski definition) is 5. The van der Waals surface area contributed by atoms with Gasteiger partial charge in [0.1, 0.15) is 11.5 Å². The van der Waals surface area contributed by atoms with E-state index in [1.165, 1.54) is 0 Å². The molecule has 1 atom stereocenters. The third-order valence-electron chi connectivity index (χ3n) is 4.29. The van der Waals surface area contributed by atoms with Crippen LogP contribution in [-0.2, 0) is 6.54 Å². The first-order chi connectivity index (χ1) is 12.1. The first-order valence-corrected chi connectivity index (χ1v) is 8.73. The Morgan fingerprint density at radius 1 is 1.27 bits per heavy atom. The summed E-state index contributed by atoms with van der Waals surface area (Å²) in [7, 11) is 1.75. The van der Waals surface area contributed by atoms with Gasteiger partial charge in [0, 0.05) is 13.6 Å². The third kappa shape index (κ3) is 6.01. The van der Waals surface area contributed by atoms with Crippen LogP contribution in [0.4, 0.5) is 0 Å². The zero-order valence-electron chi connectivity index (χ0n) is 16.2. The van der Waals surface area contributed by atoms with Gasteiger partial charge in [0.2, 0.25) is 5.89 Å². The minimum Gasteiger partial charge on any atom is -0.468 e. The molecule has 1 unspecified atom stereocenters. The average molecular weight is 475 g/mol. The molecule has 0 radical (unpaired) electrons. The molecule has 0 amide bonds. The van der Waals surface area contributed by atoms with Gasteiger partial charge in [-0.3, -0.25) is 9.89 Å². The van der Waals surface area contributed by atoms with Crippen LogP contribution in [0.25, 0.3) is 0 Å². The first kappa shape index (κ1) is 22.5. The van der Waals surface area contributed by atoms with Crippen LogP contribution >= 0.6 is 24.0 Å². The van der Waals surface area contributed by atoms with E-state index in [9.17, 15) is 0 Å². The second-order valence-corrected chi connectivity index (χ2v) is 5.81. The Hall–Kier alpha value is -1.55. The van der Waals surface area contributed by atoms with E-state index in [1.807, 2.05) is 26.0 Å². The summed E-state index contributed by atoms with van der Waals surface area (Å²) < 4.78 is 11.2. The fraction of sp³-hybridized carbons (Fsp3) is 0.556. The molecule has 8 heteroatoms. The summed E-state index contributed by atoms with van der Waals surface area (Å²) >= 11 is 0. The minimum atomic E-state index is 0. The molecule has 0 aliphatic carbocycles. The molecule has 0 aromatic carbocycles. The number of rotatable bonds is 8. The summed E-state index contributed by atoms with van der Waals surface area (Å²) in [5.74, 6) is 3.16. The summed E-state index contributed by atoms with van der Waals surface area (Å²) in [4.78, 5) is 11.0. The highest BCUT2D eigenvalue weighted by molar-refractivity contribution is 14.0. The van der Waals surface area contributed by atoms with Crippen LogP contribution in [0.15, 0.2) is 32.2 Å². The molecule has 26 heavy (non-hydrogen) atoms. The molecule has 2 rings (SSSR count). The van der Waals surface area contributed by atoms with Crippen molar-refractivity contribution in [1.29, 1.82) is 0 Å². The molecule has 0 aliphatic heterocycles. The number of aliphatic imine (C=N–C) groups is 1. The Morgan fingerprint density at radius 2 is 2.00 bits per heavy atom. The molecular weight excluding hydrogens is 445 g/mol. The molecule has 146 valence electrons. The number of aromatic nitrogens is 1. The highest BCUT2D eigenvalue weighted by Gasteiger charge is 2.20. The van der Waals surface area contributed by atoms with Gasteiger partial charge in [-0.15, -0.1) is 24.0 Å². The van der Waals surface area contributed by atoms with Crippen LogP contribution in [0.3, 0.4) is 0 Å². The second-order valence-electron chi connectivity index (χ2n) is 5.81. The normalized spacial score (nSPS) is 12.8. The minimum absolute atomic E-state index is 0. The Balaban J connectivity index is 0.00000338. The lowest BCUT2D eigenvalue weighted by atomic mass is 10.2. The van der Waals surface area contributed by atoms with Crippen LogP contribution in [-0.4, -0.2) is 42.5 Å². The van der Waals surface area contributed by atoms with Crippen molar-refractivity contribution in [2.45, 2.75) is 40.3 Å². The maximum Gasteiger partial charge on any atom is 0.214 e. The Bertz CT molecular complexity index is 646. The Labute approximate surface area is 172 Å². The molecular formula is C18H30IN5O2. The van der Waals surface area contributed by atoms with E-state index in [1.54, 1.807) is 13.3 Å². The number of nitrogens with zero attached hydrogens (tertiary/aromatic N) is 3. The van der Waals surface area contributed by atoms with Crippen molar-refractivity contribution in [3.8, 4) is 0 Å². The number of aryl methyl sites for hydroxylation is 2. The summed E-state index contributed by atoms with van der Waals surface area (Å²) in [6.07, 6.45) is 1.71. The SMILES string of the molecule is CCN(CC)C(CNC(=NC)NCc1nc(C)c(C)o1)c1ccco1.I. The van der Waals surface area contributed by atoms with Crippen molar-refractivity contribution in [2.75, 3.05) is 26.7 Å². The van der Waals surface area contributed by atoms with Gasteiger partial charge in [0.15, 0.2) is 5.96 Å². The lowest BCUT2D eigenvalue weighted by Crippen LogP contribution is -2.43. The Morgan fingerprint density at radius 3 is 2.50 bits per heavy atom. The van der Waals surface area contributed by atoms with Crippen LogP contribution in [0.5, 0.6) is 0 Å². The van der Waals surface area contributed by atoms with Crippen LogP contribution in [0, 0.1) is 13.8 Å². The first-order valence-electron chi connectivity index (χ1n) is 8.73. The maximum absolute atomic E-state index is 5.62. The number of hydrogen-bond donors (Lipinski definition) is 2. The van der Waals surface area contributed by atoms with E-state index in [2.05, 4.69) is 39.4 Å². The number of likely N-dealkylation sites (N-methyl/N-ethyl adjacent to an activating group) is 1. The van der Waals surface area contributed by atoms with Crippen molar-refractivity contribution in [2.24, 2.45) is 4.99 Å². The molecule has 0 bridgehead atoms. The van der Waals surface area contributed by atoms with E-state index in [0.29, 0.717) is 24.9 Å². The molecule has 0 spiro atoms. The van der Waals surface area contributed by atoms with Crippen molar-refractivity contribution in [1.82, 2.24) is 20.5 Å². The summed E-state index contributed by atoms with van der Waals surface area (Å²) in [6, 6.07) is 4.08. The zero-order valence-corrected chi connectivity index (χ0v) is 18.5. The number of oxazole rings is 1. The molecule has 2 N–H and O–H groups in total. The van der Waals surface area contributed by atoms with E-state index in [-0.39, 0.29) is 30.0 Å². The number of furan rings is 1. The third-order valence-corrected chi connectivity index (χ3v) is 4.29. The quantitative estimate of drug-likeness (QED) is 0.347. The summed E-state index contributed by atoms with van der Waals surface area (Å²) in [5.41, 5.74) is 0.916. The number of halogens is 1. The van der Waals surface area contributed by atoms with Crippen molar-refractivity contribution in [3.63, 3.8) is 0 Å². The van der Waals surface area contributed by atoms with E-state index >= 15 is 0 Å². The molecule has 0 fully saturated rings. The van der Waals surface area contributed by atoms with Crippen molar-refractivity contribution < 1.29 is 8.83 Å². The topological polar surface area (TPSA) is 78.8 Å². The summed E-state index contributed by atoms with van der Waals surface area (Å²) in [5, 5.41) is 6.60. The van der Waals surface area contributed by atoms with Gasteiger partial charge in [0.05, 0.1) is 24.5 Å². The smallest absolute Gasteiger partial charge is 0.214 e. The predicted octanol–water partition coefficient (Wildman–Crippen LogP) is 3.25. The van der Waals surface area contributed by atoms with Gasteiger partial charge < -0.3 is 19.5 Å². The molecule has 2 aromatic rings. The van der Waals surface area contributed by atoms with Gasteiger partial charge >= 0.3 is 0 Å². The fourth-order valence-electron chi connectivity index (χ4n) is 2.74. The van der Waals surface area contributed by atoms with Crippen LogP contribution in [0.1, 0.15) is 43.0 Å². The van der Waals surface area contributed by atoms with Gasteiger partial charge in [-0.25, -0.2) is 4.98 Å². The standard InChI is InChI=1S/C18H29N5O2.HI/c1-6-23(7-2)15(16-9-8-10-24-16)11-20-18(19-5)21-12-17-22-13(3)14(4)25-17;/h8-10,15H,6-7,11-12H2,1-5H3,(H2,19,20,21);1H. The van der Waals surface area contributed by atoms with Crippen LogP contribution in [0.2, 0.25) is 0 Å². The molecule has 0 saturated heterocycles. The second kappa shape index (κ2) is 11.2. The van der Waals surface area contributed by atoms with E-state index in [4.69, 9.17) is 8.83 Å².